The highest BCUT2D eigenvalue weighted by Crippen LogP contribution is 2.71. The van der Waals surface area contributed by atoms with Gasteiger partial charge in [-0.15, -0.1) is 0 Å². The van der Waals surface area contributed by atoms with Gasteiger partial charge in [-0.1, -0.05) is 13.8 Å². The van der Waals surface area contributed by atoms with Crippen LogP contribution in [0.15, 0.2) is 0 Å². The second-order valence-corrected chi connectivity index (χ2v) is 12.2. The monoisotopic (exact) mass is 464 g/mol. The Morgan fingerprint density at radius 2 is 1.73 bits per heavy atom. The first kappa shape index (κ1) is 21.7. The zero-order valence-corrected chi connectivity index (χ0v) is 19.7. The SMILES string of the molecule is C[C@]12C[C@H](O)C3C(C(=O)C[C@@H]4CC5(CC[C@]34C)OCCO5)C1CC[C@@]21OCOC12COCO2. The van der Waals surface area contributed by atoms with Crippen molar-refractivity contribution in [3.8, 4) is 0 Å². The lowest BCUT2D eigenvalue weighted by Crippen LogP contribution is -2.68. The van der Waals surface area contributed by atoms with Gasteiger partial charge in [0.05, 0.1) is 19.3 Å². The van der Waals surface area contributed by atoms with Crippen LogP contribution in [0, 0.1) is 34.5 Å². The van der Waals surface area contributed by atoms with Crippen LogP contribution in [0.5, 0.6) is 0 Å². The Hall–Kier alpha value is -0.610. The van der Waals surface area contributed by atoms with E-state index in [1.165, 1.54) is 0 Å². The van der Waals surface area contributed by atoms with Gasteiger partial charge in [0.2, 0.25) is 5.79 Å². The van der Waals surface area contributed by atoms with Crippen molar-refractivity contribution < 1.29 is 38.3 Å². The van der Waals surface area contributed by atoms with E-state index in [0.717, 1.165) is 32.1 Å². The quantitative estimate of drug-likeness (QED) is 0.584. The Balaban J connectivity index is 1.25. The van der Waals surface area contributed by atoms with Crippen molar-refractivity contribution in [2.45, 2.75) is 82.1 Å². The molecule has 9 atom stereocenters. The summed E-state index contributed by atoms with van der Waals surface area (Å²) >= 11 is 0. The summed E-state index contributed by atoms with van der Waals surface area (Å²) in [6.45, 7) is 6.44. The van der Waals surface area contributed by atoms with E-state index in [1.54, 1.807) is 0 Å². The molecule has 7 aliphatic rings. The number of aliphatic hydroxyl groups is 1. The maximum Gasteiger partial charge on any atom is 0.226 e. The zero-order chi connectivity index (χ0) is 22.7. The molecule has 7 fully saturated rings. The van der Waals surface area contributed by atoms with Crippen molar-refractivity contribution in [3.63, 3.8) is 0 Å². The number of rotatable bonds is 0. The minimum atomic E-state index is -0.943. The highest BCUT2D eigenvalue weighted by Gasteiger charge is 2.78. The maximum atomic E-state index is 13.9. The molecule has 1 N–H and O–H groups in total. The normalized spacial score (nSPS) is 57.1. The third kappa shape index (κ3) is 2.49. The minimum absolute atomic E-state index is 0.0465. The largest absolute Gasteiger partial charge is 0.393 e. The lowest BCUT2D eigenvalue weighted by atomic mass is 9.42. The van der Waals surface area contributed by atoms with Crippen molar-refractivity contribution >= 4 is 5.78 Å². The smallest absolute Gasteiger partial charge is 0.226 e. The number of hydrogen-bond donors (Lipinski definition) is 1. The molecule has 3 saturated heterocycles. The second kappa shape index (κ2) is 6.78. The van der Waals surface area contributed by atoms with E-state index in [-0.39, 0.29) is 42.7 Å². The first-order valence-electron chi connectivity index (χ1n) is 12.8. The summed E-state index contributed by atoms with van der Waals surface area (Å²) in [5, 5.41) is 11.8. The Kier molecular flexibility index (Phi) is 4.45. The molecule has 0 aromatic rings. The van der Waals surface area contributed by atoms with Crippen LogP contribution in [0.3, 0.4) is 0 Å². The van der Waals surface area contributed by atoms with E-state index in [9.17, 15) is 9.90 Å². The summed E-state index contributed by atoms with van der Waals surface area (Å²) in [7, 11) is 0. The predicted octanol–water partition coefficient (Wildman–Crippen LogP) is 2.37. The van der Waals surface area contributed by atoms with E-state index in [0.29, 0.717) is 38.4 Å². The van der Waals surface area contributed by atoms with Crippen molar-refractivity contribution in [1.29, 1.82) is 0 Å². The number of aliphatic hydroxyl groups excluding tert-OH is 1. The van der Waals surface area contributed by atoms with E-state index < -0.39 is 28.7 Å². The summed E-state index contributed by atoms with van der Waals surface area (Å²) in [6.07, 6.45) is 4.68. The molecule has 8 nitrogen and oxygen atoms in total. The summed E-state index contributed by atoms with van der Waals surface area (Å²) in [6, 6.07) is 0. The minimum Gasteiger partial charge on any atom is -0.393 e. The molecule has 8 heteroatoms. The van der Waals surface area contributed by atoms with E-state index >= 15 is 0 Å². The highest BCUT2D eigenvalue weighted by molar-refractivity contribution is 5.83. The number of hydrogen-bond acceptors (Lipinski definition) is 8. The Morgan fingerprint density at radius 1 is 0.939 bits per heavy atom. The Labute approximate surface area is 194 Å². The Morgan fingerprint density at radius 3 is 2.48 bits per heavy atom. The van der Waals surface area contributed by atoms with Crippen LogP contribution >= 0.6 is 0 Å². The third-order valence-electron chi connectivity index (χ3n) is 11.2. The zero-order valence-electron chi connectivity index (χ0n) is 19.7. The molecule has 3 aliphatic heterocycles. The number of ketones is 1. The topological polar surface area (TPSA) is 92.7 Å². The molecule has 0 amide bonds. The van der Waals surface area contributed by atoms with Crippen LogP contribution < -0.4 is 0 Å². The number of fused-ring (bicyclic) bond motifs is 7. The molecular weight excluding hydrogens is 428 g/mol. The molecule has 33 heavy (non-hydrogen) atoms. The maximum absolute atomic E-state index is 13.9. The van der Waals surface area contributed by atoms with E-state index in [1.807, 2.05) is 0 Å². The van der Waals surface area contributed by atoms with Crippen LogP contribution in [0.4, 0.5) is 0 Å². The fourth-order valence-corrected chi connectivity index (χ4v) is 9.72. The lowest BCUT2D eigenvalue weighted by Gasteiger charge is -2.63. The van der Waals surface area contributed by atoms with Crippen molar-refractivity contribution in [2.75, 3.05) is 33.4 Å². The summed E-state index contributed by atoms with van der Waals surface area (Å²) in [5.41, 5.74) is -1.23. The molecule has 0 aromatic heterocycles. The molecule has 7 rings (SSSR count). The number of carbonyl (C=O) groups is 1. The van der Waals surface area contributed by atoms with Gasteiger partial charge in [-0.2, -0.15) is 0 Å². The number of ether oxygens (including phenoxy) is 6. The van der Waals surface area contributed by atoms with E-state index in [4.69, 9.17) is 28.4 Å². The molecule has 184 valence electrons. The summed E-state index contributed by atoms with van der Waals surface area (Å²) < 4.78 is 36.1. The van der Waals surface area contributed by atoms with Gasteiger partial charge in [0.1, 0.15) is 18.0 Å². The second-order valence-electron chi connectivity index (χ2n) is 12.2. The van der Waals surface area contributed by atoms with Gasteiger partial charge in [-0.25, -0.2) is 0 Å². The Bertz CT molecular complexity index is 844. The lowest BCUT2D eigenvalue weighted by molar-refractivity contribution is -0.267. The van der Waals surface area contributed by atoms with Gasteiger partial charge in [-0.05, 0) is 42.9 Å². The van der Waals surface area contributed by atoms with Crippen LogP contribution in [-0.2, 0) is 33.2 Å². The highest BCUT2D eigenvalue weighted by atomic mass is 16.9. The average Bonchev–Trinajstić information content (AvgIpc) is 3.55. The first-order chi connectivity index (χ1) is 15.8. The molecule has 3 heterocycles. The van der Waals surface area contributed by atoms with Gasteiger partial charge < -0.3 is 33.5 Å². The van der Waals surface area contributed by atoms with Crippen LogP contribution in [0.2, 0.25) is 0 Å². The molecular formula is C25H36O8. The fourth-order valence-electron chi connectivity index (χ4n) is 9.72. The van der Waals surface area contributed by atoms with Gasteiger partial charge in [0.15, 0.2) is 19.4 Å². The van der Waals surface area contributed by atoms with Gasteiger partial charge in [0, 0.05) is 36.5 Å². The average molecular weight is 465 g/mol. The number of carbonyl (C=O) groups excluding carboxylic acids is 1. The van der Waals surface area contributed by atoms with Crippen molar-refractivity contribution in [1.82, 2.24) is 0 Å². The molecule has 4 saturated carbocycles. The standard InChI is InChI=1S/C25H36O8/c1-21-5-6-23(29-7-8-30-23)10-15(21)9-17(26)19-16-3-4-24(22(16,2)11-18(27)20(19)21)25(33-14-31-24)12-28-13-32-25/h15-16,18-20,27H,3-14H2,1-2H3/t15-,16?,18+,19?,20?,21+,22+,24-,25?/m1/s1. The van der Waals surface area contributed by atoms with Gasteiger partial charge in [-0.3, -0.25) is 4.79 Å². The summed E-state index contributed by atoms with van der Waals surface area (Å²) in [4.78, 5) is 13.9. The predicted molar refractivity (Wildman–Crippen MR) is 113 cm³/mol. The molecule has 4 aliphatic carbocycles. The third-order valence-corrected chi connectivity index (χ3v) is 11.2. The van der Waals surface area contributed by atoms with Crippen LogP contribution in [0.25, 0.3) is 0 Å². The molecule has 4 unspecified atom stereocenters. The van der Waals surface area contributed by atoms with Gasteiger partial charge >= 0.3 is 0 Å². The summed E-state index contributed by atoms with van der Waals surface area (Å²) in [5.74, 6) is -1.07. The molecule has 0 bridgehead atoms. The van der Waals surface area contributed by atoms with Crippen molar-refractivity contribution in [2.24, 2.45) is 34.5 Å². The van der Waals surface area contributed by atoms with Crippen LogP contribution in [0.1, 0.15) is 58.8 Å². The molecule has 0 aromatic carbocycles. The first-order valence-corrected chi connectivity index (χ1v) is 12.8. The number of Topliss-reactive ketones (excluding diaryl/α,β-unsaturated/α-hetero) is 1. The van der Waals surface area contributed by atoms with Crippen molar-refractivity contribution in [3.05, 3.63) is 0 Å². The van der Waals surface area contributed by atoms with Gasteiger partial charge in [0.25, 0.3) is 0 Å². The van der Waals surface area contributed by atoms with Crippen LogP contribution in [-0.4, -0.2) is 67.6 Å². The molecule has 3 spiro atoms. The fraction of sp³-hybridized carbons (Fsp3) is 0.960. The van der Waals surface area contributed by atoms with E-state index in [2.05, 4.69) is 13.8 Å². The molecule has 0 radical (unpaired) electrons.